The molecule has 5 rings (SSSR count). The van der Waals surface area contributed by atoms with Crippen LogP contribution in [0.2, 0.25) is 0 Å². The molecule has 0 aliphatic carbocycles. The summed E-state index contributed by atoms with van der Waals surface area (Å²) in [4.78, 5) is 19.1. The first kappa shape index (κ1) is 28.8. The first-order valence-corrected chi connectivity index (χ1v) is 16.6. The Labute approximate surface area is 242 Å². The zero-order valence-corrected chi connectivity index (χ0v) is 25.4. The maximum atomic E-state index is 12.7. The van der Waals surface area contributed by atoms with Crippen molar-refractivity contribution in [3.8, 4) is 22.8 Å². The SMILES string of the molecule is CC(C)(C)OC(=O)N1CCc2ccc(Oc3ccnc4c3c(-c3cc(N)no3)cn4COCCS(C)(C)C)cc2C1. The van der Waals surface area contributed by atoms with E-state index in [1.807, 2.05) is 49.7 Å². The molecule has 41 heavy (non-hydrogen) atoms. The minimum Gasteiger partial charge on any atom is -0.457 e. The number of fused-ring (bicyclic) bond motifs is 2. The Morgan fingerprint density at radius 1 is 1.15 bits per heavy atom. The summed E-state index contributed by atoms with van der Waals surface area (Å²) in [6.07, 6.45) is 10.9. The summed E-state index contributed by atoms with van der Waals surface area (Å²) in [7, 11) is -0.656. The van der Waals surface area contributed by atoms with Crippen LogP contribution in [0.5, 0.6) is 11.5 Å². The third kappa shape index (κ3) is 6.97. The topological polar surface area (TPSA) is 118 Å². The number of benzene rings is 1. The number of ether oxygens (including phenoxy) is 3. The van der Waals surface area contributed by atoms with Gasteiger partial charge in [0, 0.05) is 37.3 Å². The largest absolute Gasteiger partial charge is 0.457 e. The van der Waals surface area contributed by atoms with Gasteiger partial charge in [0.15, 0.2) is 11.6 Å². The third-order valence-electron chi connectivity index (χ3n) is 6.65. The van der Waals surface area contributed by atoms with Gasteiger partial charge in [0.1, 0.15) is 29.5 Å². The van der Waals surface area contributed by atoms with Gasteiger partial charge in [-0.05, 0) is 75.3 Å². The van der Waals surface area contributed by atoms with Crippen LogP contribution in [0.3, 0.4) is 0 Å². The lowest BCUT2D eigenvalue weighted by Crippen LogP contribution is -2.39. The van der Waals surface area contributed by atoms with Gasteiger partial charge < -0.3 is 33.9 Å². The van der Waals surface area contributed by atoms with Crippen LogP contribution in [-0.4, -0.2) is 69.0 Å². The summed E-state index contributed by atoms with van der Waals surface area (Å²) >= 11 is 0. The molecule has 0 saturated heterocycles. The molecule has 1 aromatic carbocycles. The van der Waals surface area contributed by atoms with Crippen LogP contribution < -0.4 is 10.5 Å². The van der Waals surface area contributed by atoms with Crippen molar-refractivity contribution in [3.63, 3.8) is 0 Å². The van der Waals surface area contributed by atoms with Crippen molar-refractivity contribution >= 4 is 33.0 Å². The van der Waals surface area contributed by atoms with Gasteiger partial charge in [-0.15, -0.1) is 0 Å². The van der Waals surface area contributed by atoms with E-state index in [4.69, 9.17) is 24.5 Å². The van der Waals surface area contributed by atoms with Crippen LogP contribution >= 0.6 is 10.0 Å². The molecule has 0 saturated carbocycles. The number of nitrogens with zero attached hydrogens (tertiary/aromatic N) is 4. The predicted molar refractivity (Wildman–Crippen MR) is 163 cm³/mol. The molecule has 4 aromatic rings. The number of hydrogen-bond donors (Lipinski definition) is 1. The number of rotatable bonds is 8. The smallest absolute Gasteiger partial charge is 0.410 e. The molecule has 3 aromatic heterocycles. The van der Waals surface area contributed by atoms with E-state index in [9.17, 15) is 4.79 Å². The summed E-state index contributed by atoms with van der Waals surface area (Å²) in [5.74, 6) is 3.09. The lowest BCUT2D eigenvalue weighted by atomic mass is 10.00. The number of pyridine rings is 1. The highest BCUT2D eigenvalue weighted by atomic mass is 32.3. The molecule has 2 N–H and O–H groups in total. The minimum absolute atomic E-state index is 0.292. The van der Waals surface area contributed by atoms with Crippen molar-refractivity contribution in [2.75, 3.05) is 43.4 Å². The van der Waals surface area contributed by atoms with Gasteiger partial charge in [-0.1, -0.05) is 11.2 Å². The second kappa shape index (κ2) is 11.3. The molecule has 1 amide bonds. The Hall–Kier alpha value is -3.70. The minimum atomic E-state index is -0.656. The molecule has 0 radical (unpaired) electrons. The second-order valence-corrected chi connectivity index (χ2v) is 16.7. The van der Waals surface area contributed by atoms with Gasteiger partial charge in [0.05, 0.1) is 17.6 Å². The molecule has 0 bridgehead atoms. The number of carbonyl (C=O) groups is 1. The molecule has 0 unspecified atom stereocenters. The first-order valence-electron chi connectivity index (χ1n) is 13.6. The maximum Gasteiger partial charge on any atom is 0.410 e. The van der Waals surface area contributed by atoms with Gasteiger partial charge in [0.25, 0.3) is 0 Å². The number of carbonyl (C=O) groups excluding carboxylic acids is 1. The molecule has 1 aliphatic heterocycles. The fraction of sp³-hybridized carbons (Fsp3) is 0.433. The van der Waals surface area contributed by atoms with Crippen molar-refractivity contribution in [3.05, 3.63) is 53.9 Å². The van der Waals surface area contributed by atoms with Crippen LogP contribution in [-0.2, 0) is 29.2 Å². The molecule has 0 fully saturated rings. The number of nitrogen functional groups attached to an aromatic ring is 1. The van der Waals surface area contributed by atoms with E-state index in [-0.39, 0.29) is 6.09 Å². The summed E-state index contributed by atoms with van der Waals surface area (Å²) in [6, 6.07) is 9.51. The summed E-state index contributed by atoms with van der Waals surface area (Å²) in [5, 5.41) is 4.64. The number of nitrogens with two attached hydrogens (primary N) is 1. The van der Waals surface area contributed by atoms with E-state index < -0.39 is 15.6 Å². The molecule has 4 heterocycles. The van der Waals surface area contributed by atoms with E-state index in [0.717, 1.165) is 28.7 Å². The molecule has 0 atom stereocenters. The standard InChI is InChI=1S/C30H39N5O5S/c1-30(2,3)39-29(36)34-12-10-20-7-8-22(15-21(20)17-34)38-24-9-11-32-28-27(24)23(25-16-26(31)33-40-25)18-35(28)19-37-13-14-41(4,5)6/h7-9,11,15-16,18H,10,12-14,17,19H2,1-6H3,(H2,31,33). The average Bonchev–Trinajstić information content (AvgIpc) is 3.48. The highest BCUT2D eigenvalue weighted by molar-refractivity contribution is 8.32. The van der Waals surface area contributed by atoms with E-state index in [2.05, 4.69) is 35.0 Å². The summed E-state index contributed by atoms with van der Waals surface area (Å²) in [6.45, 7) is 7.69. The highest BCUT2D eigenvalue weighted by Crippen LogP contribution is 2.39. The Morgan fingerprint density at radius 3 is 2.66 bits per heavy atom. The fourth-order valence-corrected chi connectivity index (χ4v) is 5.27. The van der Waals surface area contributed by atoms with Crippen molar-refractivity contribution < 1.29 is 23.5 Å². The van der Waals surface area contributed by atoms with Crippen molar-refractivity contribution in [1.29, 1.82) is 0 Å². The number of amides is 1. The van der Waals surface area contributed by atoms with Crippen LogP contribution in [0.1, 0.15) is 31.9 Å². The van der Waals surface area contributed by atoms with Gasteiger partial charge in [-0.2, -0.15) is 0 Å². The summed E-state index contributed by atoms with van der Waals surface area (Å²) < 4.78 is 25.6. The average molecular weight is 582 g/mol. The van der Waals surface area contributed by atoms with Gasteiger partial charge in [-0.3, -0.25) is 0 Å². The van der Waals surface area contributed by atoms with E-state index in [0.29, 0.717) is 55.2 Å². The Morgan fingerprint density at radius 2 is 1.95 bits per heavy atom. The number of anilines is 1. The van der Waals surface area contributed by atoms with Crippen LogP contribution in [0.25, 0.3) is 22.4 Å². The second-order valence-electron chi connectivity index (χ2n) is 12.2. The van der Waals surface area contributed by atoms with E-state index in [1.165, 1.54) is 5.56 Å². The lowest BCUT2D eigenvalue weighted by molar-refractivity contribution is 0.0223. The van der Waals surface area contributed by atoms with Gasteiger partial charge in [-0.25, -0.2) is 19.8 Å². The molecule has 220 valence electrons. The van der Waals surface area contributed by atoms with Crippen LogP contribution in [0.4, 0.5) is 10.6 Å². The molecule has 11 heteroatoms. The van der Waals surface area contributed by atoms with Crippen molar-refractivity contribution in [2.24, 2.45) is 0 Å². The van der Waals surface area contributed by atoms with Crippen LogP contribution in [0.15, 0.2) is 47.2 Å². The van der Waals surface area contributed by atoms with Crippen LogP contribution in [0, 0.1) is 0 Å². The zero-order valence-electron chi connectivity index (χ0n) is 24.6. The molecular weight excluding hydrogens is 542 g/mol. The van der Waals surface area contributed by atoms with E-state index >= 15 is 0 Å². The molecule has 0 spiro atoms. The predicted octanol–water partition coefficient (Wildman–Crippen LogP) is 6.03. The first-order chi connectivity index (χ1) is 19.4. The van der Waals surface area contributed by atoms with Crippen molar-refractivity contribution in [2.45, 2.75) is 46.1 Å². The number of hydrogen-bond acceptors (Lipinski definition) is 8. The van der Waals surface area contributed by atoms with Crippen molar-refractivity contribution in [1.82, 2.24) is 19.6 Å². The van der Waals surface area contributed by atoms with Gasteiger partial charge in [0.2, 0.25) is 0 Å². The quantitative estimate of drug-likeness (QED) is 0.251. The Kier molecular flexibility index (Phi) is 7.93. The Balaban J connectivity index is 1.43. The normalized spacial score (nSPS) is 14.2. The summed E-state index contributed by atoms with van der Waals surface area (Å²) in [5.41, 5.74) is 9.01. The third-order valence-corrected chi connectivity index (χ3v) is 8.04. The monoisotopic (exact) mass is 581 g/mol. The zero-order chi connectivity index (χ0) is 29.4. The molecular formula is C30H39N5O5S. The molecule has 1 aliphatic rings. The Bertz CT molecular complexity index is 1550. The highest BCUT2D eigenvalue weighted by Gasteiger charge is 2.26. The maximum absolute atomic E-state index is 12.7. The van der Waals surface area contributed by atoms with Gasteiger partial charge >= 0.3 is 6.09 Å². The molecule has 10 nitrogen and oxygen atoms in total. The van der Waals surface area contributed by atoms with E-state index in [1.54, 1.807) is 17.2 Å². The lowest BCUT2D eigenvalue weighted by Gasteiger charge is -2.31. The fourth-order valence-electron chi connectivity index (χ4n) is 4.65. The number of aromatic nitrogens is 3.